The first-order valence-electron chi connectivity index (χ1n) is 4.30. The Hall–Kier alpha value is -0.830. The van der Waals surface area contributed by atoms with Gasteiger partial charge in [-0.3, -0.25) is 0 Å². The molecule has 68 valence electrons. The highest BCUT2D eigenvalue weighted by molar-refractivity contribution is 4.93. The van der Waals surface area contributed by atoms with Crippen molar-refractivity contribution in [1.29, 1.82) is 0 Å². The molecule has 12 heavy (non-hydrogen) atoms. The van der Waals surface area contributed by atoms with Gasteiger partial charge in [-0.2, -0.15) is 0 Å². The van der Waals surface area contributed by atoms with Gasteiger partial charge in [0.05, 0.1) is 12.6 Å². The first kappa shape index (κ1) is 9.26. The second kappa shape index (κ2) is 4.26. The lowest BCUT2D eigenvalue weighted by atomic mass is 10.3. The fourth-order valence-corrected chi connectivity index (χ4v) is 1.34. The van der Waals surface area contributed by atoms with E-state index in [1.165, 1.54) is 0 Å². The van der Waals surface area contributed by atoms with Crippen LogP contribution in [-0.2, 0) is 11.2 Å². The van der Waals surface area contributed by atoms with Gasteiger partial charge in [0.1, 0.15) is 5.82 Å². The van der Waals surface area contributed by atoms with Crippen LogP contribution in [0.5, 0.6) is 0 Å². The quantitative estimate of drug-likeness (QED) is 0.683. The van der Waals surface area contributed by atoms with E-state index in [9.17, 15) is 0 Å². The molecule has 1 rings (SSSR count). The summed E-state index contributed by atoms with van der Waals surface area (Å²) in [4.78, 5) is 4.25. The molecule has 0 amide bonds. The summed E-state index contributed by atoms with van der Waals surface area (Å²) >= 11 is 0. The lowest BCUT2D eigenvalue weighted by molar-refractivity contribution is 0.161. The molecule has 1 aromatic heterocycles. The minimum absolute atomic E-state index is 0.382. The van der Waals surface area contributed by atoms with E-state index in [2.05, 4.69) is 23.4 Å². The van der Waals surface area contributed by atoms with Gasteiger partial charge in [-0.1, -0.05) is 6.92 Å². The molecule has 0 bridgehead atoms. The molecule has 0 spiro atoms. The SMILES string of the molecule is CCc1nccn1C(C)COC. The van der Waals surface area contributed by atoms with Crippen molar-refractivity contribution in [2.24, 2.45) is 0 Å². The molecule has 0 saturated carbocycles. The zero-order chi connectivity index (χ0) is 8.97. The number of aromatic nitrogens is 2. The molecule has 0 saturated heterocycles. The van der Waals surface area contributed by atoms with Crippen molar-refractivity contribution in [2.75, 3.05) is 13.7 Å². The number of imidazole rings is 1. The number of ether oxygens (including phenoxy) is 1. The number of methoxy groups -OCH3 is 1. The Labute approximate surface area is 73.4 Å². The summed E-state index contributed by atoms with van der Waals surface area (Å²) in [6, 6.07) is 0.382. The number of rotatable bonds is 4. The van der Waals surface area contributed by atoms with Gasteiger partial charge in [-0.15, -0.1) is 0 Å². The first-order chi connectivity index (χ1) is 5.79. The Morgan fingerprint density at radius 2 is 2.42 bits per heavy atom. The van der Waals surface area contributed by atoms with Crippen LogP contribution in [0.1, 0.15) is 25.7 Å². The zero-order valence-electron chi connectivity index (χ0n) is 7.95. The van der Waals surface area contributed by atoms with Crippen molar-refractivity contribution in [3.05, 3.63) is 18.2 Å². The molecule has 0 radical (unpaired) electrons. The molecule has 0 fully saturated rings. The molecular weight excluding hydrogens is 152 g/mol. The predicted molar refractivity (Wildman–Crippen MR) is 48.2 cm³/mol. The Kier molecular flexibility index (Phi) is 3.29. The molecule has 0 aliphatic carbocycles. The number of hydrogen-bond acceptors (Lipinski definition) is 2. The van der Waals surface area contributed by atoms with Gasteiger partial charge in [-0.05, 0) is 6.92 Å². The maximum absolute atomic E-state index is 5.08. The number of aryl methyl sites for hydroxylation is 1. The van der Waals surface area contributed by atoms with Crippen LogP contribution in [0.4, 0.5) is 0 Å². The third kappa shape index (κ3) is 1.85. The number of nitrogens with zero attached hydrogens (tertiary/aromatic N) is 2. The topological polar surface area (TPSA) is 27.1 Å². The molecule has 0 N–H and O–H groups in total. The predicted octanol–water partition coefficient (Wildman–Crippen LogP) is 1.65. The van der Waals surface area contributed by atoms with Crippen LogP contribution in [0.2, 0.25) is 0 Å². The smallest absolute Gasteiger partial charge is 0.108 e. The fraction of sp³-hybridized carbons (Fsp3) is 0.667. The second-order valence-corrected chi connectivity index (χ2v) is 2.91. The van der Waals surface area contributed by atoms with E-state index >= 15 is 0 Å². The van der Waals surface area contributed by atoms with Crippen LogP contribution < -0.4 is 0 Å². The monoisotopic (exact) mass is 168 g/mol. The van der Waals surface area contributed by atoms with E-state index < -0.39 is 0 Å². The van der Waals surface area contributed by atoms with Crippen molar-refractivity contribution in [1.82, 2.24) is 9.55 Å². The van der Waals surface area contributed by atoms with Crippen LogP contribution in [-0.4, -0.2) is 23.3 Å². The lowest BCUT2D eigenvalue weighted by Crippen LogP contribution is -2.12. The standard InChI is InChI=1S/C9H16N2O/c1-4-9-10-5-6-11(9)8(2)7-12-3/h5-6,8H,4,7H2,1-3H3. The van der Waals surface area contributed by atoms with E-state index in [1.54, 1.807) is 7.11 Å². The maximum atomic E-state index is 5.08. The molecule has 1 unspecified atom stereocenters. The molecule has 1 heterocycles. The van der Waals surface area contributed by atoms with Gasteiger partial charge in [-0.25, -0.2) is 4.98 Å². The van der Waals surface area contributed by atoms with Crippen molar-refractivity contribution in [2.45, 2.75) is 26.3 Å². The van der Waals surface area contributed by atoms with Crippen LogP contribution in [0, 0.1) is 0 Å². The largest absolute Gasteiger partial charge is 0.383 e. The number of hydrogen-bond donors (Lipinski definition) is 0. The zero-order valence-corrected chi connectivity index (χ0v) is 7.95. The minimum Gasteiger partial charge on any atom is -0.383 e. The second-order valence-electron chi connectivity index (χ2n) is 2.91. The molecule has 3 nitrogen and oxygen atoms in total. The van der Waals surface area contributed by atoms with Crippen LogP contribution in [0.25, 0.3) is 0 Å². The maximum Gasteiger partial charge on any atom is 0.108 e. The Morgan fingerprint density at radius 3 is 3.00 bits per heavy atom. The van der Waals surface area contributed by atoms with E-state index in [-0.39, 0.29) is 0 Å². The summed E-state index contributed by atoms with van der Waals surface area (Å²) < 4.78 is 7.23. The van der Waals surface area contributed by atoms with Crippen LogP contribution >= 0.6 is 0 Å². The molecule has 0 aromatic carbocycles. The Balaban J connectivity index is 2.71. The average molecular weight is 168 g/mol. The van der Waals surface area contributed by atoms with Gasteiger partial charge in [0.25, 0.3) is 0 Å². The van der Waals surface area contributed by atoms with Crippen molar-refractivity contribution >= 4 is 0 Å². The lowest BCUT2D eigenvalue weighted by Gasteiger charge is -2.14. The summed E-state index contributed by atoms with van der Waals surface area (Å²) in [6.07, 6.45) is 4.81. The van der Waals surface area contributed by atoms with E-state index in [0.717, 1.165) is 18.9 Å². The van der Waals surface area contributed by atoms with Gasteiger partial charge < -0.3 is 9.30 Å². The van der Waals surface area contributed by atoms with Gasteiger partial charge >= 0.3 is 0 Å². The molecular formula is C9H16N2O. The van der Waals surface area contributed by atoms with Crippen molar-refractivity contribution in [3.63, 3.8) is 0 Å². The molecule has 0 aliphatic rings. The summed E-state index contributed by atoms with van der Waals surface area (Å²) in [5, 5.41) is 0. The Bertz CT molecular complexity index is 232. The highest BCUT2D eigenvalue weighted by atomic mass is 16.5. The Morgan fingerprint density at radius 1 is 1.67 bits per heavy atom. The van der Waals surface area contributed by atoms with Gasteiger partial charge in [0, 0.05) is 25.9 Å². The third-order valence-corrected chi connectivity index (χ3v) is 1.95. The van der Waals surface area contributed by atoms with Crippen molar-refractivity contribution in [3.8, 4) is 0 Å². The van der Waals surface area contributed by atoms with Gasteiger partial charge in [0.15, 0.2) is 0 Å². The van der Waals surface area contributed by atoms with Crippen molar-refractivity contribution < 1.29 is 4.74 Å². The summed E-state index contributed by atoms with van der Waals surface area (Å²) in [6.45, 7) is 4.98. The summed E-state index contributed by atoms with van der Waals surface area (Å²) in [5.74, 6) is 1.12. The average Bonchev–Trinajstić information content (AvgIpc) is 2.51. The molecule has 1 aromatic rings. The summed E-state index contributed by atoms with van der Waals surface area (Å²) in [5.41, 5.74) is 0. The molecule has 1 atom stereocenters. The van der Waals surface area contributed by atoms with E-state index in [0.29, 0.717) is 6.04 Å². The molecule has 3 heteroatoms. The first-order valence-corrected chi connectivity index (χ1v) is 4.30. The highest BCUT2D eigenvalue weighted by Gasteiger charge is 2.07. The van der Waals surface area contributed by atoms with Crippen LogP contribution in [0.15, 0.2) is 12.4 Å². The van der Waals surface area contributed by atoms with E-state index in [1.807, 2.05) is 12.4 Å². The summed E-state index contributed by atoms with van der Waals surface area (Å²) in [7, 11) is 1.72. The van der Waals surface area contributed by atoms with Crippen LogP contribution in [0.3, 0.4) is 0 Å². The fourth-order valence-electron chi connectivity index (χ4n) is 1.34. The highest BCUT2D eigenvalue weighted by Crippen LogP contribution is 2.09. The third-order valence-electron chi connectivity index (χ3n) is 1.95. The minimum atomic E-state index is 0.382. The normalized spacial score (nSPS) is 13.2. The van der Waals surface area contributed by atoms with E-state index in [4.69, 9.17) is 4.74 Å². The van der Waals surface area contributed by atoms with Gasteiger partial charge in [0.2, 0.25) is 0 Å². The molecule has 0 aliphatic heterocycles.